The molecule has 114 valence electrons. The molecule has 0 saturated heterocycles. The average Bonchev–Trinajstić information content (AvgIpc) is 2.39. The quantitative estimate of drug-likeness (QED) is 0.556. The van der Waals surface area contributed by atoms with Gasteiger partial charge in [0.25, 0.3) is 0 Å². The van der Waals surface area contributed by atoms with Crippen molar-refractivity contribution < 1.29 is 22.7 Å². The van der Waals surface area contributed by atoms with E-state index in [1.54, 1.807) is 0 Å². The lowest BCUT2D eigenvalue weighted by Gasteiger charge is -2.09. The number of aliphatic hydroxyl groups excluding tert-OH is 1. The van der Waals surface area contributed by atoms with Gasteiger partial charge < -0.3 is 9.84 Å². The Morgan fingerprint density at radius 1 is 1.30 bits per heavy atom. The van der Waals surface area contributed by atoms with E-state index < -0.39 is 20.9 Å². The van der Waals surface area contributed by atoms with Crippen molar-refractivity contribution in [1.82, 2.24) is 4.72 Å². The highest BCUT2D eigenvalue weighted by atomic mass is 35.5. The lowest BCUT2D eigenvalue weighted by molar-refractivity contribution is 0.0913. The van der Waals surface area contributed by atoms with Gasteiger partial charge in [-0.2, -0.15) is 0 Å². The first-order valence-electron chi connectivity index (χ1n) is 5.72. The molecule has 1 rings (SSSR count). The third kappa shape index (κ3) is 4.83. The minimum atomic E-state index is -3.91. The van der Waals surface area contributed by atoms with Gasteiger partial charge in [-0.3, -0.25) is 0 Å². The molecule has 0 saturated carbocycles. The highest BCUT2D eigenvalue weighted by Crippen LogP contribution is 2.29. The molecule has 0 radical (unpaired) electrons. The molecule has 0 aromatic heterocycles. The lowest BCUT2D eigenvalue weighted by atomic mass is 10.3. The fraction of sp³-hybridized carbons (Fsp3) is 0.455. The summed E-state index contributed by atoms with van der Waals surface area (Å²) in [6.07, 6.45) is 0.410. The largest absolute Gasteiger partial charge is 0.394 e. The van der Waals surface area contributed by atoms with Gasteiger partial charge in [0, 0.05) is 13.2 Å². The Balaban J connectivity index is 2.63. The van der Waals surface area contributed by atoms with Crippen molar-refractivity contribution in [1.29, 1.82) is 0 Å². The molecule has 2 N–H and O–H groups in total. The van der Waals surface area contributed by atoms with E-state index in [1.165, 1.54) is 0 Å². The molecule has 0 fully saturated rings. The van der Waals surface area contributed by atoms with Gasteiger partial charge in [0.2, 0.25) is 10.0 Å². The smallest absolute Gasteiger partial charge is 0.242 e. The highest BCUT2D eigenvalue weighted by molar-refractivity contribution is 7.89. The fourth-order valence-corrected chi connectivity index (χ4v) is 3.16. The monoisotopic (exact) mass is 345 g/mol. The van der Waals surface area contributed by atoms with Crippen LogP contribution >= 0.6 is 23.2 Å². The van der Waals surface area contributed by atoms with E-state index in [1.807, 2.05) is 0 Å². The first-order chi connectivity index (χ1) is 9.40. The van der Waals surface area contributed by atoms with Crippen LogP contribution in [0, 0.1) is 5.82 Å². The molecule has 0 atom stereocenters. The third-order valence-corrected chi connectivity index (χ3v) is 4.56. The molecule has 1 aromatic rings. The maximum Gasteiger partial charge on any atom is 0.242 e. The first kappa shape index (κ1) is 17.6. The zero-order chi connectivity index (χ0) is 15.2. The van der Waals surface area contributed by atoms with Crippen LogP contribution in [0.25, 0.3) is 0 Å². The Kier molecular flexibility index (Phi) is 7.14. The second-order valence-electron chi connectivity index (χ2n) is 3.76. The molecule has 0 aliphatic carbocycles. The number of sulfonamides is 1. The summed E-state index contributed by atoms with van der Waals surface area (Å²) in [6.45, 7) is 0.506. The number of aliphatic hydroxyl groups is 1. The van der Waals surface area contributed by atoms with Gasteiger partial charge >= 0.3 is 0 Å². The summed E-state index contributed by atoms with van der Waals surface area (Å²) in [6, 6.07) is 2.26. The van der Waals surface area contributed by atoms with Gasteiger partial charge in [0.1, 0.15) is 4.90 Å². The van der Waals surface area contributed by atoms with Gasteiger partial charge in [-0.1, -0.05) is 23.2 Å². The number of hydrogen-bond donors (Lipinski definition) is 2. The number of benzene rings is 1. The van der Waals surface area contributed by atoms with Gasteiger partial charge in [-0.15, -0.1) is 0 Å². The standard InChI is InChI=1S/C11H14Cl2FNO4S/c12-8-2-3-9(10(13)11(8)14)20(17,18)15-4-1-6-19-7-5-16/h2-3,15-16H,1,4-7H2. The molecule has 0 spiro atoms. The second-order valence-corrected chi connectivity index (χ2v) is 6.28. The Morgan fingerprint density at radius 2 is 2.00 bits per heavy atom. The fourth-order valence-electron chi connectivity index (χ4n) is 1.34. The summed E-state index contributed by atoms with van der Waals surface area (Å²) in [7, 11) is -3.91. The summed E-state index contributed by atoms with van der Waals surface area (Å²) in [4.78, 5) is -0.364. The van der Waals surface area contributed by atoms with E-state index in [0.717, 1.165) is 12.1 Å². The minimum absolute atomic E-state index is 0.0919. The number of hydrogen-bond acceptors (Lipinski definition) is 4. The number of rotatable bonds is 8. The molecular weight excluding hydrogens is 332 g/mol. The van der Waals surface area contributed by atoms with Crippen LogP contribution in [0.15, 0.2) is 17.0 Å². The zero-order valence-corrected chi connectivity index (χ0v) is 12.7. The summed E-state index contributed by atoms with van der Waals surface area (Å²) in [5.74, 6) is -0.970. The van der Waals surface area contributed by atoms with E-state index in [0.29, 0.717) is 13.0 Å². The van der Waals surface area contributed by atoms with E-state index in [4.69, 9.17) is 33.0 Å². The molecule has 0 heterocycles. The second kappa shape index (κ2) is 8.11. The summed E-state index contributed by atoms with van der Waals surface area (Å²) in [5.41, 5.74) is 0. The Labute approximate surface area is 126 Å². The molecule has 9 heteroatoms. The SMILES string of the molecule is O=S(=O)(NCCCOCCO)c1ccc(Cl)c(F)c1Cl. The molecule has 5 nitrogen and oxygen atoms in total. The molecule has 0 aliphatic rings. The summed E-state index contributed by atoms with van der Waals surface area (Å²) in [5, 5.41) is 7.70. The maximum atomic E-state index is 13.4. The first-order valence-corrected chi connectivity index (χ1v) is 7.96. The van der Waals surface area contributed by atoms with Crippen LogP contribution in [0.3, 0.4) is 0 Å². The Hall–Kier alpha value is -0.440. The van der Waals surface area contributed by atoms with E-state index in [2.05, 4.69) is 4.72 Å². The average molecular weight is 346 g/mol. The normalized spacial score (nSPS) is 11.8. The summed E-state index contributed by atoms with van der Waals surface area (Å²) < 4.78 is 44.5. The maximum absolute atomic E-state index is 13.4. The molecule has 1 aromatic carbocycles. The van der Waals surface area contributed by atoms with Gasteiger partial charge in [0.15, 0.2) is 5.82 Å². The van der Waals surface area contributed by atoms with E-state index in [-0.39, 0.29) is 29.7 Å². The number of nitrogens with one attached hydrogen (secondary N) is 1. The van der Waals surface area contributed by atoms with Crippen LogP contribution in [0.4, 0.5) is 4.39 Å². The van der Waals surface area contributed by atoms with Crippen LogP contribution in [0.5, 0.6) is 0 Å². The summed E-state index contributed by atoms with van der Waals surface area (Å²) >= 11 is 11.1. The van der Waals surface area contributed by atoms with Gasteiger partial charge in [-0.05, 0) is 18.6 Å². The predicted molar refractivity (Wildman–Crippen MR) is 74.1 cm³/mol. The van der Waals surface area contributed by atoms with Crippen LogP contribution in [-0.2, 0) is 14.8 Å². The topological polar surface area (TPSA) is 75.6 Å². The van der Waals surface area contributed by atoms with Gasteiger partial charge in [-0.25, -0.2) is 17.5 Å². The minimum Gasteiger partial charge on any atom is -0.394 e. The van der Waals surface area contributed by atoms with Crippen molar-refractivity contribution in [2.45, 2.75) is 11.3 Å². The van der Waals surface area contributed by atoms with E-state index >= 15 is 0 Å². The molecular formula is C11H14Cl2FNO4S. The number of halogens is 3. The predicted octanol–water partition coefficient (Wildman–Crippen LogP) is 1.81. The van der Waals surface area contributed by atoms with Gasteiger partial charge in [0.05, 0.1) is 23.3 Å². The Morgan fingerprint density at radius 3 is 2.65 bits per heavy atom. The van der Waals surface area contributed by atoms with Crippen molar-refractivity contribution in [3.8, 4) is 0 Å². The zero-order valence-electron chi connectivity index (χ0n) is 10.4. The van der Waals surface area contributed by atoms with Crippen molar-refractivity contribution in [3.05, 3.63) is 28.0 Å². The van der Waals surface area contributed by atoms with Crippen molar-refractivity contribution in [3.63, 3.8) is 0 Å². The molecule has 0 amide bonds. The van der Waals surface area contributed by atoms with Crippen LogP contribution in [0.2, 0.25) is 10.0 Å². The highest BCUT2D eigenvalue weighted by Gasteiger charge is 2.21. The molecule has 20 heavy (non-hydrogen) atoms. The lowest BCUT2D eigenvalue weighted by Crippen LogP contribution is -2.26. The van der Waals surface area contributed by atoms with E-state index in [9.17, 15) is 12.8 Å². The van der Waals surface area contributed by atoms with Crippen molar-refractivity contribution in [2.75, 3.05) is 26.4 Å². The van der Waals surface area contributed by atoms with Crippen LogP contribution in [-0.4, -0.2) is 39.9 Å². The third-order valence-electron chi connectivity index (χ3n) is 2.28. The molecule has 0 aliphatic heterocycles. The Bertz CT molecular complexity index is 554. The van der Waals surface area contributed by atoms with Crippen LogP contribution < -0.4 is 4.72 Å². The van der Waals surface area contributed by atoms with Crippen molar-refractivity contribution >= 4 is 33.2 Å². The molecule has 0 unspecified atom stereocenters. The number of ether oxygens (including phenoxy) is 1. The van der Waals surface area contributed by atoms with Crippen molar-refractivity contribution in [2.24, 2.45) is 0 Å². The van der Waals surface area contributed by atoms with Crippen LogP contribution in [0.1, 0.15) is 6.42 Å². The molecule has 0 bridgehead atoms.